The number of halogens is 1. The highest BCUT2D eigenvalue weighted by molar-refractivity contribution is 6.30. The molecule has 1 saturated carbocycles. The average molecular weight is 441 g/mol. The van der Waals surface area contributed by atoms with Crippen molar-refractivity contribution in [3.05, 3.63) is 35.5 Å². The van der Waals surface area contributed by atoms with Crippen molar-refractivity contribution in [1.29, 1.82) is 0 Å². The van der Waals surface area contributed by atoms with Crippen molar-refractivity contribution in [3.8, 4) is 0 Å². The zero-order valence-electron chi connectivity index (χ0n) is 17.9. The quantitative estimate of drug-likeness (QED) is 0.529. The molecule has 3 aromatic rings. The SMILES string of the molecule is CC1(Nc2ncc3nc(Nc4cccc(Cl)c4)n(C4CCCCC4)c3n2)CCOCC1. The van der Waals surface area contributed by atoms with Gasteiger partial charge in [-0.05, 0) is 50.8 Å². The summed E-state index contributed by atoms with van der Waals surface area (Å²) in [7, 11) is 0. The lowest BCUT2D eigenvalue weighted by Gasteiger charge is -2.34. The van der Waals surface area contributed by atoms with Gasteiger partial charge in [0.15, 0.2) is 5.65 Å². The Bertz CT molecular complexity index is 1060. The number of nitrogens with zero attached hydrogens (tertiary/aromatic N) is 4. The molecule has 3 heterocycles. The van der Waals surface area contributed by atoms with Crippen LogP contribution in [0.4, 0.5) is 17.6 Å². The third-order valence-corrected chi connectivity index (χ3v) is 6.70. The number of benzene rings is 1. The minimum absolute atomic E-state index is 0.0521. The van der Waals surface area contributed by atoms with Crippen LogP contribution < -0.4 is 10.6 Å². The summed E-state index contributed by atoms with van der Waals surface area (Å²) in [6.07, 6.45) is 9.74. The first-order valence-electron chi connectivity index (χ1n) is 11.2. The zero-order valence-corrected chi connectivity index (χ0v) is 18.7. The first-order chi connectivity index (χ1) is 15.1. The second kappa shape index (κ2) is 8.63. The van der Waals surface area contributed by atoms with E-state index in [0.717, 1.165) is 61.7 Å². The second-order valence-corrected chi connectivity index (χ2v) is 9.37. The summed E-state index contributed by atoms with van der Waals surface area (Å²) in [4.78, 5) is 14.4. The van der Waals surface area contributed by atoms with E-state index in [1.54, 1.807) is 0 Å². The molecule has 0 bridgehead atoms. The van der Waals surface area contributed by atoms with Crippen molar-refractivity contribution in [1.82, 2.24) is 19.5 Å². The maximum atomic E-state index is 6.20. The smallest absolute Gasteiger partial charge is 0.225 e. The second-order valence-electron chi connectivity index (χ2n) is 8.93. The monoisotopic (exact) mass is 440 g/mol. The molecule has 8 heteroatoms. The molecule has 2 aliphatic rings. The molecular formula is C23H29ClN6O. The van der Waals surface area contributed by atoms with Gasteiger partial charge in [-0.1, -0.05) is 36.9 Å². The Morgan fingerprint density at radius 1 is 1.13 bits per heavy atom. The Hall–Kier alpha value is -2.38. The third-order valence-electron chi connectivity index (χ3n) is 6.46. The van der Waals surface area contributed by atoms with E-state index in [2.05, 4.69) is 27.1 Å². The van der Waals surface area contributed by atoms with E-state index in [9.17, 15) is 0 Å². The van der Waals surface area contributed by atoms with Crippen molar-refractivity contribution in [2.45, 2.75) is 63.5 Å². The fraction of sp³-hybridized carbons (Fsp3) is 0.522. The van der Waals surface area contributed by atoms with Crippen molar-refractivity contribution in [3.63, 3.8) is 0 Å². The van der Waals surface area contributed by atoms with E-state index in [1.807, 2.05) is 30.5 Å². The predicted molar refractivity (Wildman–Crippen MR) is 124 cm³/mol. The van der Waals surface area contributed by atoms with Gasteiger partial charge in [0.25, 0.3) is 0 Å². The lowest BCUT2D eigenvalue weighted by atomic mass is 9.93. The van der Waals surface area contributed by atoms with Crippen molar-refractivity contribution >= 4 is 40.3 Å². The highest BCUT2D eigenvalue weighted by atomic mass is 35.5. The highest BCUT2D eigenvalue weighted by Gasteiger charge is 2.29. The molecule has 2 fully saturated rings. The van der Waals surface area contributed by atoms with Gasteiger partial charge in [-0.15, -0.1) is 0 Å². The minimum atomic E-state index is -0.0521. The lowest BCUT2D eigenvalue weighted by molar-refractivity contribution is 0.0656. The van der Waals surface area contributed by atoms with E-state index in [1.165, 1.54) is 19.3 Å². The predicted octanol–water partition coefficient (Wildman–Crippen LogP) is 5.71. The first kappa shape index (κ1) is 20.5. The molecule has 1 aliphatic heterocycles. The molecule has 0 amide bonds. The molecule has 1 aromatic carbocycles. The highest BCUT2D eigenvalue weighted by Crippen LogP contribution is 2.35. The van der Waals surface area contributed by atoms with Gasteiger partial charge in [-0.25, -0.2) is 9.97 Å². The molecule has 1 saturated heterocycles. The van der Waals surface area contributed by atoms with E-state index >= 15 is 0 Å². The van der Waals surface area contributed by atoms with Gasteiger partial charge in [0.05, 0.1) is 6.20 Å². The van der Waals surface area contributed by atoms with Crippen molar-refractivity contribution in [2.24, 2.45) is 0 Å². The van der Waals surface area contributed by atoms with Gasteiger partial charge in [-0.2, -0.15) is 4.98 Å². The topological polar surface area (TPSA) is 76.9 Å². The Morgan fingerprint density at radius 3 is 2.71 bits per heavy atom. The minimum Gasteiger partial charge on any atom is -0.381 e. The van der Waals surface area contributed by atoms with Crippen molar-refractivity contribution in [2.75, 3.05) is 23.8 Å². The molecule has 0 spiro atoms. The number of hydrogen-bond donors (Lipinski definition) is 2. The van der Waals surface area contributed by atoms with E-state index in [0.29, 0.717) is 17.0 Å². The van der Waals surface area contributed by atoms with Gasteiger partial charge in [-0.3, -0.25) is 4.57 Å². The fourth-order valence-corrected chi connectivity index (χ4v) is 4.83. The number of hydrogen-bond acceptors (Lipinski definition) is 6. The van der Waals surface area contributed by atoms with E-state index < -0.39 is 0 Å². The summed E-state index contributed by atoms with van der Waals surface area (Å²) < 4.78 is 7.80. The van der Waals surface area contributed by atoms with Crippen LogP contribution in [0.15, 0.2) is 30.5 Å². The molecule has 2 N–H and O–H groups in total. The maximum absolute atomic E-state index is 6.20. The third kappa shape index (κ3) is 4.48. The summed E-state index contributed by atoms with van der Waals surface area (Å²) in [5, 5.41) is 7.73. The number of anilines is 3. The maximum Gasteiger partial charge on any atom is 0.225 e. The summed E-state index contributed by atoms with van der Waals surface area (Å²) in [5.74, 6) is 1.45. The van der Waals surface area contributed by atoms with E-state index in [4.69, 9.17) is 26.3 Å². The van der Waals surface area contributed by atoms with Gasteiger partial charge in [0.2, 0.25) is 11.9 Å². The Morgan fingerprint density at radius 2 is 1.94 bits per heavy atom. The standard InChI is InChI=1S/C23H29ClN6O/c1-23(10-12-31-13-11-23)29-21-25-15-19-20(28-21)30(18-8-3-2-4-9-18)22(27-19)26-17-7-5-6-16(24)14-17/h5-7,14-15,18H,2-4,8-13H2,1H3,(H,26,27)(H,25,28,29). The van der Waals surface area contributed by atoms with Crippen LogP contribution in [0.3, 0.4) is 0 Å². The van der Waals surface area contributed by atoms with Gasteiger partial charge in [0.1, 0.15) is 5.52 Å². The van der Waals surface area contributed by atoms with Crippen LogP contribution in [0.1, 0.15) is 57.9 Å². The van der Waals surface area contributed by atoms with Crippen LogP contribution in [0, 0.1) is 0 Å². The molecule has 5 rings (SSSR count). The zero-order chi connectivity index (χ0) is 21.3. The van der Waals surface area contributed by atoms with Crippen LogP contribution >= 0.6 is 11.6 Å². The molecule has 1 aliphatic carbocycles. The number of aromatic nitrogens is 4. The van der Waals surface area contributed by atoms with Crippen molar-refractivity contribution < 1.29 is 4.74 Å². The normalized spacial score (nSPS) is 19.4. The van der Waals surface area contributed by atoms with Crippen LogP contribution in [-0.4, -0.2) is 38.3 Å². The molecule has 164 valence electrons. The molecule has 0 radical (unpaired) electrons. The number of imidazole rings is 1. The summed E-state index contributed by atoms with van der Waals surface area (Å²) >= 11 is 6.20. The largest absolute Gasteiger partial charge is 0.381 e. The number of nitrogens with one attached hydrogen (secondary N) is 2. The molecule has 0 atom stereocenters. The van der Waals surface area contributed by atoms with Crippen LogP contribution in [0.2, 0.25) is 5.02 Å². The number of fused-ring (bicyclic) bond motifs is 1. The Balaban J connectivity index is 1.52. The molecule has 2 aromatic heterocycles. The molecular weight excluding hydrogens is 412 g/mol. The van der Waals surface area contributed by atoms with Gasteiger partial charge in [0, 0.05) is 35.5 Å². The molecule has 0 unspecified atom stereocenters. The van der Waals surface area contributed by atoms with Crippen LogP contribution in [0.25, 0.3) is 11.2 Å². The Kier molecular flexibility index (Phi) is 5.71. The molecule has 7 nitrogen and oxygen atoms in total. The Labute approximate surface area is 187 Å². The molecule has 31 heavy (non-hydrogen) atoms. The first-order valence-corrected chi connectivity index (χ1v) is 11.6. The van der Waals surface area contributed by atoms with Crippen LogP contribution in [0.5, 0.6) is 0 Å². The van der Waals surface area contributed by atoms with Crippen LogP contribution in [-0.2, 0) is 4.74 Å². The average Bonchev–Trinajstić information content (AvgIpc) is 3.11. The summed E-state index contributed by atoms with van der Waals surface area (Å²) in [6.45, 7) is 3.74. The van der Waals surface area contributed by atoms with Gasteiger partial charge < -0.3 is 15.4 Å². The number of ether oxygens (including phenoxy) is 1. The fourth-order valence-electron chi connectivity index (χ4n) is 4.64. The lowest BCUT2D eigenvalue weighted by Crippen LogP contribution is -2.41. The van der Waals surface area contributed by atoms with E-state index in [-0.39, 0.29) is 5.54 Å². The summed E-state index contributed by atoms with van der Waals surface area (Å²) in [5.41, 5.74) is 2.55. The van der Waals surface area contributed by atoms with Gasteiger partial charge >= 0.3 is 0 Å². The number of rotatable bonds is 5. The summed E-state index contributed by atoms with van der Waals surface area (Å²) in [6, 6.07) is 8.10.